The van der Waals surface area contributed by atoms with E-state index >= 15 is 0 Å². The molecule has 0 saturated carbocycles. The van der Waals surface area contributed by atoms with Crippen molar-refractivity contribution < 1.29 is 12.8 Å². The zero-order valence-corrected chi connectivity index (χ0v) is 14.5. The van der Waals surface area contributed by atoms with Crippen LogP contribution in [-0.2, 0) is 10.0 Å². The summed E-state index contributed by atoms with van der Waals surface area (Å²) < 4.78 is 40.4. The summed E-state index contributed by atoms with van der Waals surface area (Å²) in [6.07, 6.45) is 6.22. The van der Waals surface area contributed by atoms with Crippen molar-refractivity contribution in [2.75, 3.05) is 18.6 Å². The first-order valence-electron chi connectivity index (χ1n) is 7.14. The van der Waals surface area contributed by atoms with Gasteiger partial charge in [-0.3, -0.25) is 0 Å². The first-order valence-corrected chi connectivity index (χ1v) is 10.0. The molecule has 0 unspecified atom stereocenters. The van der Waals surface area contributed by atoms with Crippen LogP contribution in [0.25, 0.3) is 0 Å². The highest BCUT2D eigenvalue weighted by atomic mass is 32.2. The van der Waals surface area contributed by atoms with Crippen molar-refractivity contribution in [1.82, 2.24) is 4.72 Å². The Kier molecular flexibility index (Phi) is 7.70. The highest BCUT2D eigenvalue weighted by Crippen LogP contribution is 2.21. The van der Waals surface area contributed by atoms with Crippen molar-refractivity contribution in [1.29, 1.82) is 0 Å². The van der Waals surface area contributed by atoms with Gasteiger partial charge in [-0.25, -0.2) is 17.5 Å². The van der Waals surface area contributed by atoms with Gasteiger partial charge in [0.05, 0.1) is 4.90 Å². The SMILES string of the molecule is CSCCCCCCNS(=O)(=O)c1c(C)cc(F)cc1C. The van der Waals surface area contributed by atoms with Gasteiger partial charge in [0.1, 0.15) is 5.82 Å². The normalized spacial score (nSPS) is 11.8. The summed E-state index contributed by atoms with van der Waals surface area (Å²) in [5.74, 6) is 0.748. The number of sulfonamides is 1. The molecule has 0 radical (unpaired) electrons. The molecule has 1 aromatic carbocycles. The molecule has 21 heavy (non-hydrogen) atoms. The van der Waals surface area contributed by atoms with Crippen LogP contribution in [0, 0.1) is 19.7 Å². The molecule has 0 spiro atoms. The molecule has 0 aromatic heterocycles. The number of unbranched alkanes of at least 4 members (excludes halogenated alkanes) is 3. The molecular weight excluding hydrogens is 309 g/mol. The number of hydrogen-bond acceptors (Lipinski definition) is 3. The van der Waals surface area contributed by atoms with E-state index in [1.165, 1.54) is 18.6 Å². The van der Waals surface area contributed by atoms with E-state index in [0.717, 1.165) is 25.0 Å². The van der Waals surface area contributed by atoms with Crippen LogP contribution in [0.4, 0.5) is 4.39 Å². The highest BCUT2D eigenvalue weighted by Gasteiger charge is 2.19. The first kappa shape index (κ1) is 18.5. The zero-order valence-electron chi connectivity index (χ0n) is 12.9. The highest BCUT2D eigenvalue weighted by molar-refractivity contribution is 7.98. The molecule has 0 heterocycles. The predicted octanol–water partition coefficient (Wildman–Crippen LogP) is 3.64. The molecule has 0 amide bonds. The number of nitrogens with one attached hydrogen (secondary N) is 1. The Morgan fingerprint density at radius 2 is 1.67 bits per heavy atom. The topological polar surface area (TPSA) is 46.2 Å². The lowest BCUT2D eigenvalue weighted by Gasteiger charge is -2.12. The van der Waals surface area contributed by atoms with Gasteiger partial charge in [-0.05, 0) is 62.0 Å². The molecule has 0 aliphatic carbocycles. The molecule has 0 fully saturated rings. The van der Waals surface area contributed by atoms with Gasteiger partial charge in [-0.2, -0.15) is 11.8 Å². The minimum absolute atomic E-state index is 0.200. The molecular formula is C15H24FNO2S2. The fourth-order valence-electron chi connectivity index (χ4n) is 2.32. The van der Waals surface area contributed by atoms with Crippen LogP contribution in [0.2, 0.25) is 0 Å². The van der Waals surface area contributed by atoms with E-state index in [-0.39, 0.29) is 4.90 Å². The second-order valence-electron chi connectivity index (χ2n) is 5.17. The fraction of sp³-hybridized carbons (Fsp3) is 0.600. The van der Waals surface area contributed by atoms with Crippen molar-refractivity contribution in [2.45, 2.75) is 44.4 Å². The lowest BCUT2D eigenvalue weighted by Crippen LogP contribution is -2.26. The first-order chi connectivity index (χ1) is 9.88. The molecule has 0 atom stereocenters. The van der Waals surface area contributed by atoms with Gasteiger partial charge in [0, 0.05) is 6.54 Å². The minimum Gasteiger partial charge on any atom is -0.211 e. The monoisotopic (exact) mass is 333 g/mol. The predicted molar refractivity (Wildman–Crippen MR) is 87.9 cm³/mol. The van der Waals surface area contributed by atoms with Crippen molar-refractivity contribution in [3.8, 4) is 0 Å². The minimum atomic E-state index is -3.56. The molecule has 0 saturated heterocycles. The Balaban J connectivity index is 2.55. The van der Waals surface area contributed by atoms with Crippen molar-refractivity contribution in [3.63, 3.8) is 0 Å². The number of halogens is 1. The van der Waals surface area contributed by atoms with E-state index < -0.39 is 15.8 Å². The van der Waals surface area contributed by atoms with E-state index in [1.807, 2.05) is 11.8 Å². The molecule has 120 valence electrons. The molecule has 0 aliphatic heterocycles. The summed E-state index contributed by atoms with van der Waals surface area (Å²) >= 11 is 1.83. The van der Waals surface area contributed by atoms with Crippen LogP contribution in [0.15, 0.2) is 17.0 Å². The summed E-state index contributed by atoms with van der Waals surface area (Å²) in [6, 6.07) is 2.51. The third-order valence-electron chi connectivity index (χ3n) is 3.26. The summed E-state index contributed by atoms with van der Waals surface area (Å²) in [4.78, 5) is 0.200. The zero-order chi connectivity index (χ0) is 15.9. The maximum Gasteiger partial charge on any atom is 0.241 e. The maximum atomic E-state index is 13.2. The smallest absolute Gasteiger partial charge is 0.211 e. The standard InChI is InChI=1S/C15H24FNO2S2/c1-12-10-14(16)11-13(2)15(12)21(18,19)17-8-6-4-5-7-9-20-3/h10-11,17H,4-9H2,1-3H3. The molecule has 1 rings (SSSR count). The van der Waals surface area contributed by atoms with Gasteiger partial charge < -0.3 is 0 Å². The lowest BCUT2D eigenvalue weighted by atomic mass is 10.1. The van der Waals surface area contributed by atoms with Crippen LogP contribution in [0.3, 0.4) is 0 Å². The van der Waals surface area contributed by atoms with Gasteiger partial charge in [0.25, 0.3) is 0 Å². The van der Waals surface area contributed by atoms with E-state index in [9.17, 15) is 12.8 Å². The van der Waals surface area contributed by atoms with E-state index in [4.69, 9.17) is 0 Å². The quantitative estimate of drug-likeness (QED) is 0.702. The molecule has 6 heteroatoms. The Morgan fingerprint density at radius 3 is 2.24 bits per heavy atom. The number of aryl methyl sites for hydroxylation is 2. The van der Waals surface area contributed by atoms with Crippen LogP contribution >= 0.6 is 11.8 Å². The van der Waals surface area contributed by atoms with Gasteiger partial charge in [0.15, 0.2) is 0 Å². The second-order valence-corrected chi connectivity index (χ2v) is 7.86. The number of hydrogen-bond donors (Lipinski definition) is 1. The molecule has 3 nitrogen and oxygen atoms in total. The average Bonchev–Trinajstić information content (AvgIpc) is 2.35. The number of benzene rings is 1. The Bertz CT molecular complexity index is 536. The Labute approximate surface area is 131 Å². The number of rotatable bonds is 9. The molecule has 0 bridgehead atoms. The lowest BCUT2D eigenvalue weighted by molar-refractivity contribution is 0.571. The number of thioether (sulfide) groups is 1. The van der Waals surface area contributed by atoms with Crippen LogP contribution in [-0.4, -0.2) is 27.0 Å². The van der Waals surface area contributed by atoms with Gasteiger partial charge in [-0.1, -0.05) is 12.8 Å². The maximum absolute atomic E-state index is 13.2. The summed E-state index contributed by atoms with van der Waals surface area (Å²) in [6.45, 7) is 3.66. The van der Waals surface area contributed by atoms with Crippen LogP contribution in [0.5, 0.6) is 0 Å². The summed E-state index contributed by atoms with van der Waals surface area (Å²) in [5.41, 5.74) is 0.889. The third kappa shape index (κ3) is 5.96. The second kappa shape index (κ2) is 8.76. The van der Waals surface area contributed by atoms with Crippen molar-refractivity contribution >= 4 is 21.8 Å². The largest absolute Gasteiger partial charge is 0.241 e. The van der Waals surface area contributed by atoms with Crippen LogP contribution < -0.4 is 4.72 Å². The third-order valence-corrected chi connectivity index (χ3v) is 5.72. The molecule has 0 aliphatic rings. The van der Waals surface area contributed by atoms with Gasteiger partial charge >= 0.3 is 0 Å². The average molecular weight is 333 g/mol. The van der Waals surface area contributed by atoms with Crippen LogP contribution in [0.1, 0.15) is 36.8 Å². The Hall–Kier alpha value is -0.590. The Morgan fingerprint density at radius 1 is 1.10 bits per heavy atom. The van der Waals surface area contributed by atoms with E-state index in [2.05, 4.69) is 11.0 Å². The summed E-state index contributed by atoms with van der Waals surface area (Å²) in [7, 11) is -3.56. The molecule has 1 N–H and O–H groups in total. The summed E-state index contributed by atoms with van der Waals surface area (Å²) in [5, 5.41) is 0. The fourth-order valence-corrected chi connectivity index (χ4v) is 4.34. The van der Waals surface area contributed by atoms with Crippen molar-refractivity contribution in [2.24, 2.45) is 0 Å². The van der Waals surface area contributed by atoms with E-state index in [1.54, 1.807) is 13.8 Å². The van der Waals surface area contributed by atoms with Gasteiger partial charge in [-0.15, -0.1) is 0 Å². The molecule has 1 aromatic rings. The van der Waals surface area contributed by atoms with E-state index in [0.29, 0.717) is 17.7 Å². The van der Waals surface area contributed by atoms with Crippen molar-refractivity contribution in [3.05, 3.63) is 29.1 Å². The van der Waals surface area contributed by atoms with Gasteiger partial charge in [0.2, 0.25) is 10.0 Å².